The lowest BCUT2D eigenvalue weighted by molar-refractivity contribution is -0.137. The highest BCUT2D eigenvalue weighted by atomic mass is 32.2. The van der Waals surface area contributed by atoms with Gasteiger partial charge in [-0.25, -0.2) is 19.7 Å². The van der Waals surface area contributed by atoms with Crippen LogP contribution in [0.2, 0.25) is 0 Å². The second kappa shape index (κ2) is 8.82. The molecule has 36 heavy (non-hydrogen) atoms. The number of amides is 1. The van der Waals surface area contributed by atoms with E-state index in [1.54, 1.807) is 0 Å². The molecule has 0 spiro atoms. The van der Waals surface area contributed by atoms with Crippen LogP contribution in [-0.2, 0) is 31.1 Å². The van der Waals surface area contributed by atoms with E-state index in [2.05, 4.69) is 19.1 Å². The molecule has 1 aromatic carbocycles. The minimum Gasteiger partial charge on any atom is -0.398 e. The first-order valence-electron chi connectivity index (χ1n) is 9.87. The number of anilines is 2. The number of nitrogens with zero attached hydrogens (tertiary/aromatic N) is 4. The summed E-state index contributed by atoms with van der Waals surface area (Å²) in [6, 6.07) is 1.74. The maximum atomic E-state index is 12.8. The highest BCUT2D eigenvalue weighted by Crippen LogP contribution is 2.33. The standard InChI is InChI=1S/C18H18F3N7O7S/c19-18(20,21)8-1-2-9(10(22)3-8)16(30)27-36(32,33)35-4-11-13(29)17(31,5-34-11)28-7-26-12-14(23)24-6-25-15(12)28/h1-3,6-7,11,13,29,31H,4-5,22H2,(H,27,30)(H2,23,24,25)/t11-,13-,17-/m1/s1. The van der Waals surface area contributed by atoms with E-state index in [1.165, 1.54) is 4.72 Å². The van der Waals surface area contributed by atoms with Crippen LogP contribution in [0.15, 0.2) is 30.9 Å². The number of nitrogens with one attached hydrogen (secondary N) is 1. The van der Waals surface area contributed by atoms with E-state index >= 15 is 0 Å². The highest BCUT2D eigenvalue weighted by Gasteiger charge is 2.51. The molecule has 1 saturated heterocycles. The van der Waals surface area contributed by atoms with Gasteiger partial charge in [-0.1, -0.05) is 0 Å². The van der Waals surface area contributed by atoms with Crippen molar-refractivity contribution in [2.24, 2.45) is 0 Å². The second-order valence-corrected chi connectivity index (χ2v) is 9.04. The molecule has 0 bridgehead atoms. The number of hydrogen-bond donors (Lipinski definition) is 5. The van der Waals surface area contributed by atoms with Crippen molar-refractivity contribution in [3.05, 3.63) is 42.0 Å². The van der Waals surface area contributed by atoms with Gasteiger partial charge in [-0.3, -0.25) is 13.5 Å². The molecule has 1 aliphatic rings. The first kappa shape index (κ1) is 25.5. The SMILES string of the molecule is Nc1cc(C(F)(F)F)ccc1C(=O)NS(=O)(=O)OC[C@H]1OC[C@](O)(n2cnc3c(N)ncnc32)[C@@H]1O. The van der Waals surface area contributed by atoms with Crippen LogP contribution < -0.4 is 16.2 Å². The maximum Gasteiger partial charge on any atom is 0.416 e. The van der Waals surface area contributed by atoms with Gasteiger partial charge in [0, 0.05) is 5.69 Å². The van der Waals surface area contributed by atoms with Gasteiger partial charge in [-0.05, 0) is 18.2 Å². The van der Waals surface area contributed by atoms with Gasteiger partial charge in [0.25, 0.3) is 5.91 Å². The third-order valence-electron chi connectivity index (χ3n) is 5.34. The fraction of sp³-hybridized carbons (Fsp3) is 0.333. The van der Waals surface area contributed by atoms with Gasteiger partial charge in [0.15, 0.2) is 17.2 Å². The number of imidazole rings is 1. The maximum absolute atomic E-state index is 12.8. The lowest BCUT2D eigenvalue weighted by atomic mass is 10.1. The molecule has 0 unspecified atom stereocenters. The molecule has 0 aliphatic carbocycles. The average Bonchev–Trinajstić information content (AvgIpc) is 3.35. The normalized spacial score (nSPS) is 22.7. The number of fused-ring (bicyclic) bond motifs is 1. The third kappa shape index (κ3) is 4.63. The zero-order valence-corrected chi connectivity index (χ0v) is 18.7. The molecule has 7 N–H and O–H groups in total. The first-order chi connectivity index (χ1) is 16.7. The van der Waals surface area contributed by atoms with Crippen LogP contribution in [0.5, 0.6) is 0 Å². The van der Waals surface area contributed by atoms with Crippen molar-refractivity contribution < 1.29 is 45.5 Å². The van der Waals surface area contributed by atoms with E-state index in [0.717, 1.165) is 17.2 Å². The summed E-state index contributed by atoms with van der Waals surface area (Å²) in [6.45, 7) is -1.37. The molecule has 4 rings (SSSR count). The summed E-state index contributed by atoms with van der Waals surface area (Å²) in [5.74, 6) is -1.33. The Bertz CT molecular complexity index is 1430. The van der Waals surface area contributed by atoms with E-state index in [0.29, 0.717) is 18.2 Å². The van der Waals surface area contributed by atoms with Crippen LogP contribution in [0.3, 0.4) is 0 Å². The fourth-order valence-corrected chi connectivity index (χ4v) is 4.20. The lowest BCUT2D eigenvalue weighted by Gasteiger charge is -2.27. The van der Waals surface area contributed by atoms with Crippen molar-refractivity contribution in [3.8, 4) is 0 Å². The van der Waals surface area contributed by atoms with Gasteiger partial charge in [0.2, 0.25) is 0 Å². The van der Waals surface area contributed by atoms with Crippen LogP contribution >= 0.6 is 0 Å². The predicted molar refractivity (Wildman–Crippen MR) is 114 cm³/mol. The number of halogens is 3. The number of hydrogen-bond acceptors (Lipinski definition) is 12. The Balaban J connectivity index is 1.43. The Morgan fingerprint density at radius 2 is 2.03 bits per heavy atom. The average molecular weight is 533 g/mol. The second-order valence-electron chi connectivity index (χ2n) is 7.69. The molecule has 1 fully saturated rings. The summed E-state index contributed by atoms with van der Waals surface area (Å²) in [4.78, 5) is 23.9. The van der Waals surface area contributed by atoms with Crippen LogP contribution in [0, 0.1) is 0 Å². The van der Waals surface area contributed by atoms with E-state index in [1.807, 2.05) is 0 Å². The van der Waals surface area contributed by atoms with Crippen LogP contribution in [-0.4, -0.2) is 69.5 Å². The molecule has 3 atom stereocenters. The zero-order valence-electron chi connectivity index (χ0n) is 17.9. The number of alkyl halides is 3. The van der Waals surface area contributed by atoms with Crippen molar-refractivity contribution in [2.75, 3.05) is 24.7 Å². The largest absolute Gasteiger partial charge is 0.416 e. The molecular weight excluding hydrogens is 515 g/mol. The Kier molecular flexibility index (Phi) is 6.25. The quantitative estimate of drug-likeness (QED) is 0.244. The summed E-state index contributed by atoms with van der Waals surface area (Å²) < 4.78 is 75.2. The number of carbonyl (C=O) groups excluding carboxylic acids is 1. The smallest absolute Gasteiger partial charge is 0.398 e. The molecule has 1 amide bonds. The molecule has 14 nitrogen and oxygen atoms in total. The van der Waals surface area contributed by atoms with Crippen LogP contribution in [0.1, 0.15) is 15.9 Å². The summed E-state index contributed by atoms with van der Waals surface area (Å²) >= 11 is 0. The molecule has 2 aromatic heterocycles. The van der Waals surface area contributed by atoms with Crippen molar-refractivity contribution in [1.29, 1.82) is 0 Å². The highest BCUT2D eigenvalue weighted by molar-refractivity contribution is 7.85. The van der Waals surface area contributed by atoms with Crippen molar-refractivity contribution in [3.63, 3.8) is 0 Å². The number of aliphatic hydroxyl groups is 2. The monoisotopic (exact) mass is 533 g/mol. The van der Waals surface area contributed by atoms with Crippen molar-refractivity contribution in [2.45, 2.75) is 24.1 Å². The van der Waals surface area contributed by atoms with Crippen molar-refractivity contribution >= 4 is 38.9 Å². The molecule has 18 heteroatoms. The molecule has 3 heterocycles. The van der Waals surface area contributed by atoms with E-state index in [9.17, 15) is 36.6 Å². The number of nitrogen functional groups attached to an aromatic ring is 2. The van der Waals surface area contributed by atoms with Gasteiger partial charge in [0.05, 0.1) is 30.7 Å². The minimum atomic E-state index is -4.83. The van der Waals surface area contributed by atoms with E-state index in [-0.39, 0.29) is 17.0 Å². The molecule has 0 saturated carbocycles. The summed E-state index contributed by atoms with van der Waals surface area (Å²) in [6.07, 6.45) is -5.61. The summed E-state index contributed by atoms with van der Waals surface area (Å²) in [7, 11) is -4.83. The molecule has 0 radical (unpaired) electrons. The predicted octanol–water partition coefficient (Wildman–Crippen LogP) is -0.894. The Morgan fingerprint density at radius 1 is 1.31 bits per heavy atom. The van der Waals surface area contributed by atoms with Crippen LogP contribution in [0.4, 0.5) is 24.7 Å². The van der Waals surface area contributed by atoms with Crippen LogP contribution in [0.25, 0.3) is 11.2 Å². The Hall–Kier alpha value is -3.58. The van der Waals surface area contributed by atoms with E-state index < -0.39 is 70.3 Å². The van der Waals surface area contributed by atoms with Gasteiger partial charge >= 0.3 is 16.5 Å². The molecule has 194 valence electrons. The first-order valence-corrected chi connectivity index (χ1v) is 11.3. The Morgan fingerprint density at radius 3 is 2.69 bits per heavy atom. The van der Waals surface area contributed by atoms with Gasteiger partial charge in [0.1, 0.15) is 24.1 Å². The topological polar surface area (TPSA) is 218 Å². The van der Waals surface area contributed by atoms with Gasteiger partial charge < -0.3 is 26.4 Å². The van der Waals surface area contributed by atoms with Gasteiger partial charge in [-0.15, -0.1) is 0 Å². The minimum absolute atomic E-state index is 0.0196. The molecular formula is C18H18F3N7O7S. The number of carbonyl (C=O) groups is 1. The number of ether oxygens (including phenoxy) is 1. The summed E-state index contributed by atoms with van der Waals surface area (Å²) in [5.41, 5.74) is 6.95. The fourth-order valence-electron chi connectivity index (χ4n) is 3.49. The van der Waals surface area contributed by atoms with E-state index in [4.69, 9.17) is 16.2 Å². The lowest BCUT2D eigenvalue weighted by Crippen LogP contribution is -2.47. The zero-order chi connectivity index (χ0) is 26.5. The summed E-state index contributed by atoms with van der Waals surface area (Å²) in [5, 5.41) is 21.6. The van der Waals surface area contributed by atoms with Gasteiger partial charge in [-0.2, -0.15) is 21.6 Å². The number of rotatable bonds is 6. The Labute approximate surface area is 199 Å². The van der Waals surface area contributed by atoms with Crippen molar-refractivity contribution in [1.82, 2.24) is 24.2 Å². The molecule has 3 aromatic rings. The third-order valence-corrected chi connectivity index (χ3v) is 6.23. The number of benzene rings is 1. The number of aromatic nitrogens is 4. The number of aliphatic hydroxyl groups excluding tert-OH is 1. The number of nitrogens with two attached hydrogens (primary N) is 2. The molecule has 1 aliphatic heterocycles.